The van der Waals surface area contributed by atoms with E-state index in [1.165, 1.54) is 7.11 Å². The number of urea groups is 1. The Morgan fingerprint density at radius 2 is 1.78 bits per heavy atom. The molecule has 2 rings (SSSR count). The summed E-state index contributed by atoms with van der Waals surface area (Å²) in [6.45, 7) is 6.01. The number of benzene rings is 1. The molecule has 23 heavy (non-hydrogen) atoms. The Kier molecular flexibility index (Phi) is 5.67. The number of carbonyl (C=O) groups excluding carboxylic acids is 2. The first kappa shape index (κ1) is 16.9. The minimum absolute atomic E-state index is 0.111. The predicted molar refractivity (Wildman–Crippen MR) is 85.5 cm³/mol. The molecule has 0 aliphatic carbocycles. The van der Waals surface area contributed by atoms with Crippen LogP contribution in [0.25, 0.3) is 0 Å². The number of ether oxygens (including phenoxy) is 2. The maximum atomic E-state index is 12.1. The Morgan fingerprint density at radius 1 is 1.13 bits per heavy atom. The van der Waals surface area contributed by atoms with Gasteiger partial charge in [0, 0.05) is 26.2 Å². The molecule has 1 fully saturated rings. The highest BCUT2D eigenvalue weighted by atomic mass is 16.5. The van der Waals surface area contributed by atoms with Gasteiger partial charge >= 0.3 is 12.1 Å². The summed E-state index contributed by atoms with van der Waals surface area (Å²) in [6.07, 6.45) is -0.358. The molecular weight excluding hydrogens is 298 g/mol. The van der Waals surface area contributed by atoms with Crippen LogP contribution in [0.3, 0.4) is 0 Å². The number of nitrogens with zero attached hydrogens (tertiary/aromatic N) is 2. The SMILES string of the molecule is COC(=O)N1CCN(C(=O)NCOc2cccc(C)c2C)CC1. The zero-order valence-electron chi connectivity index (χ0n) is 13.8. The van der Waals surface area contributed by atoms with Crippen LogP contribution in [0.2, 0.25) is 0 Å². The van der Waals surface area contributed by atoms with Crippen LogP contribution in [-0.4, -0.2) is 61.9 Å². The molecule has 1 aromatic rings. The van der Waals surface area contributed by atoms with Crippen LogP contribution < -0.4 is 10.1 Å². The van der Waals surface area contributed by atoms with Crippen molar-refractivity contribution in [3.05, 3.63) is 29.3 Å². The predicted octanol–water partition coefficient (Wildman–Crippen LogP) is 1.73. The van der Waals surface area contributed by atoms with Gasteiger partial charge in [-0.3, -0.25) is 0 Å². The Balaban J connectivity index is 1.76. The van der Waals surface area contributed by atoms with Gasteiger partial charge in [-0.2, -0.15) is 0 Å². The summed E-state index contributed by atoms with van der Waals surface area (Å²) in [6, 6.07) is 5.62. The van der Waals surface area contributed by atoms with E-state index < -0.39 is 0 Å². The molecule has 1 saturated heterocycles. The van der Waals surface area contributed by atoms with Crippen molar-refractivity contribution >= 4 is 12.1 Å². The van der Waals surface area contributed by atoms with Crippen molar-refractivity contribution < 1.29 is 19.1 Å². The maximum absolute atomic E-state index is 12.1. The van der Waals surface area contributed by atoms with Crippen molar-refractivity contribution in [3.8, 4) is 5.75 Å². The number of carbonyl (C=O) groups is 2. The van der Waals surface area contributed by atoms with E-state index in [0.29, 0.717) is 26.2 Å². The molecule has 0 aromatic heterocycles. The molecule has 7 nitrogen and oxygen atoms in total. The number of hydrogen-bond acceptors (Lipinski definition) is 4. The maximum Gasteiger partial charge on any atom is 0.409 e. The van der Waals surface area contributed by atoms with Gasteiger partial charge in [0.25, 0.3) is 0 Å². The number of aryl methyl sites for hydroxylation is 1. The summed E-state index contributed by atoms with van der Waals surface area (Å²) < 4.78 is 10.3. The van der Waals surface area contributed by atoms with Crippen molar-refractivity contribution in [2.45, 2.75) is 13.8 Å². The van der Waals surface area contributed by atoms with Gasteiger partial charge < -0.3 is 24.6 Å². The number of nitrogens with one attached hydrogen (secondary N) is 1. The molecule has 1 aliphatic heterocycles. The Hall–Kier alpha value is -2.44. The van der Waals surface area contributed by atoms with Gasteiger partial charge in [0.2, 0.25) is 0 Å². The van der Waals surface area contributed by atoms with E-state index in [1.807, 2.05) is 32.0 Å². The van der Waals surface area contributed by atoms with E-state index in [1.54, 1.807) is 9.80 Å². The summed E-state index contributed by atoms with van der Waals surface area (Å²) in [5.41, 5.74) is 2.21. The van der Waals surface area contributed by atoms with E-state index in [0.717, 1.165) is 16.9 Å². The van der Waals surface area contributed by atoms with Crippen LogP contribution in [0.15, 0.2) is 18.2 Å². The molecule has 1 heterocycles. The van der Waals surface area contributed by atoms with Crippen LogP contribution >= 0.6 is 0 Å². The van der Waals surface area contributed by atoms with Crippen molar-refractivity contribution in [1.82, 2.24) is 15.1 Å². The van der Waals surface area contributed by atoms with Crippen molar-refractivity contribution in [3.63, 3.8) is 0 Å². The topological polar surface area (TPSA) is 71.1 Å². The first-order chi connectivity index (χ1) is 11.0. The lowest BCUT2D eigenvalue weighted by atomic mass is 10.1. The quantitative estimate of drug-likeness (QED) is 0.861. The van der Waals surface area contributed by atoms with E-state index in [2.05, 4.69) is 10.1 Å². The first-order valence-corrected chi connectivity index (χ1v) is 7.57. The summed E-state index contributed by atoms with van der Waals surface area (Å²) in [5, 5.41) is 2.74. The smallest absolute Gasteiger partial charge is 0.409 e. The number of methoxy groups -OCH3 is 1. The largest absolute Gasteiger partial charge is 0.473 e. The zero-order chi connectivity index (χ0) is 16.8. The average Bonchev–Trinajstić information content (AvgIpc) is 2.58. The van der Waals surface area contributed by atoms with Gasteiger partial charge in [-0.25, -0.2) is 9.59 Å². The van der Waals surface area contributed by atoms with Gasteiger partial charge in [0.15, 0.2) is 6.73 Å². The number of piperazine rings is 1. The molecule has 0 unspecified atom stereocenters. The third-order valence-corrected chi connectivity index (χ3v) is 4.01. The monoisotopic (exact) mass is 321 g/mol. The van der Waals surface area contributed by atoms with Crippen molar-refractivity contribution in [2.24, 2.45) is 0 Å². The number of hydrogen-bond donors (Lipinski definition) is 1. The van der Waals surface area contributed by atoms with E-state index in [9.17, 15) is 9.59 Å². The molecule has 126 valence electrons. The van der Waals surface area contributed by atoms with Crippen LogP contribution in [-0.2, 0) is 4.74 Å². The number of rotatable bonds is 3. The second-order valence-electron chi connectivity index (χ2n) is 5.41. The third kappa shape index (κ3) is 4.28. The molecule has 1 aliphatic rings. The molecule has 0 saturated carbocycles. The van der Waals surface area contributed by atoms with Crippen LogP contribution in [0.4, 0.5) is 9.59 Å². The Morgan fingerprint density at radius 3 is 2.43 bits per heavy atom. The zero-order valence-corrected chi connectivity index (χ0v) is 13.8. The van der Waals surface area contributed by atoms with E-state index in [4.69, 9.17) is 4.74 Å². The minimum Gasteiger partial charge on any atom is -0.473 e. The highest BCUT2D eigenvalue weighted by Gasteiger charge is 2.24. The molecule has 1 aromatic carbocycles. The molecular formula is C16H23N3O4. The lowest BCUT2D eigenvalue weighted by Crippen LogP contribution is -2.53. The fourth-order valence-corrected chi connectivity index (χ4v) is 2.39. The second-order valence-corrected chi connectivity index (χ2v) is 5.41. The first-order valence-electron chi connectivity index (χ1n) is 7.57. The lowest BCUT2D eigenvalue weighted by molar-refractivity contribution is 0.0958. The van der Waals surface area contributed by atoms with Crippen molar-refractivity contribution in [2.75, 3.05) is 40.0 Å². The van der Waals surface area contributed by atoms with Gasteiger partial charge in [-0.05, 0) is 31.0 Å². The third-order valence-electron chi connectivity index (χ3n) is 4.01. The summed E-state index contributed by atoms with van der Waals surface area (Å²) >= 11 is 0. The fourth-order valence-electron chi connectivity index (χ4n) is 2.39. The van der Waals surface area contributed by atoms with Gasteiger partial charge in [0.05, 0.1) is 7.11 Å². The summed E-state index contributed by atoms with van der Waals surface area (Å²) in [5.74, 6) is 0.765. The second kappa shape index (κ2) is 7.71. The standard InChI is InChI=1S/C16H23N3O4/c1-12-5-4-6-14(13(12)2)23-11-17-15(20)18-7-9-19(10-8-18)16(21)22-3/h4-6H,7-11H2,1-3H3,(H,17,20). The van der Waals surface area contributed by atoms with Gasteiger partial charge in [-0.15, -0.1) is 0 Å². The highest BCUT2D eigenvalue weighted by Crippen LogP contribution is 2.20. The molecule has 3 amide bonds. The Labute approximate surface area is 136 Å². The minimum atomic E-state index is -0.358. The molecule has 0 bridgehead atoms. The molecule has 0 radical (unpaired) electrons. The summed E-state index contributed by atoms with van der Waals surface area (Å²) in [4.78, 5) is 26.7. The summed E-state index contributed by atoms with van der Waals surface area (Å²) in [7, 11) is 1.35. The number of amides is 3. The van der Waals surface area contributed by atoms with Gasteiger partial charge in [0.1, 0.15) is 5.75 Å². The Bertz CT molecular complexity index is 568. The van der Waals surface area contributed by atoms with Crippen LogP contribution in [0.5, 0.6) is 5.75 Å². The highest BCUT2D eigenvalue weighted by molar-refractivity contribution is 5.74. The van der Waals surface area contributed by atoms with E-state index >= 15 is 0 Å². The fraction of sp³-hybridized carbons (Fsp3) is 0.500. The van der Waals surface area contributed by atoms with Crippen LogP contribution in [0, 0.1) is 13.8 Å². The normalized spacial score (nSPS) is 14.4. The molecule has 0 spiro atoms. The average molecular weight is 321 g/mol. The lowest BCUT2D eigenvalue weighted by Gasteiger charge is -2.33. The van der Waals surface area contributed by atoms with Crippen LogP contribution in [0.1, 0.15) is 11.1 Å². The van der Waals surface area contributed by atoms with Crippen molar-refractivity contribution in [1.29, 1.82) is 0 Å². The molecule has 7 heteroatoms. The molecule has 0 atom stereocenters. The molecule has 1 N–H and O–H groups in total. The van der Waals surface area contributed by atoms with E-state index in [-0.39, 0.29) is 18.9 Å². The van der Waals surface area contributed by atoms with Gasteiger partial charge in [-0.1, -0.05) is 12.1 Å².